The van der Waals surface area contributed by atoms with Crippen molar-refractivity contribution in [1.82, 2.24) is 10.3 Å². The predicted molar refractivity (Wildman–Crippen MR) is 111 cm³/mol. The zero-order chi connectivity index (χ0) is 20.8. The summed E-state index contributed by atoms with van der Waals surface area (Å²) in [5.41, 5.74) is 7.63. The van der Waals surface area contributed by atoms with Crippen LogP contribution in [-0.2, 0) is 0 Å². The van der Waals surface area contributed by atoms with Crippen LogP contribution in [0.25, 0.3) is 16.3 Å². The first kappa shape index (κ1) is 20.2. The number of pyridine rings is 1. The Balaban J connectivity index is 1.89. The van der Waals surface area contributed by atoms with Crippen LogP contribution in [0.5, 0.6) is 0 Å². The fourth-order valence-corrected chi connectivity index (χ4v) is 3.08. The van der Waals surface area contributed by atoms with E-state index in [9.17, 15) is 14.3 Å². The number of benzene rings is 2. The summed E-state index contributed by atoms with van der Waals surface area (Å²) in [5, 5.41) is 21.2. The smallest absolute Gasteiger partial charge is 0.270 e. The Morgan fingerprint density at radius 3 is 2.76 bits per heavy atom. The molecule has 5 N–H and O–H groups in total. The molecule has 148 valence electrons. The van der Waals surface area contributed by atoms with E-state index in [1.165, 1.54) is 18.3 Å². The van der Waals surface area contributed by atoms with Gasteiger partial charge in [-0.25, -0.2) is 4.39 Å². The summed E-state index contributed by atoms with van der Waals surface area (Å²) in [6, 6.07) is 12.5. The maximum absolute atomic E-state index is 13.5. The number of nitrogens with zero attached hydrogens (tertiary/aromatic N) is 1. The molecule has 1 atom stereocenters. The van der Waals surface area contributed by atoms with Gasteiger partial charge in [0.25, 0.3) is 5.91 Å². The van der Waals surface area contributed by atoms with Gasteiger partial charge >= 0.3 is 0 Å². The van der Waals surface area contributed by atoms with Gasteiger partial charge in [-0.3, -0.25) is 9.78 Å². The van der Waals surface area contributed by atoms with Crippen molar-refractivity contribution in [3.8, 4) is 0 Å². The molecule has 3 rings (SSSR count). The Morgan fingerprint density at radius 2 is 2.07 bits per heavy atom. The summed E-state index contributed by atoms with van der Waals surface area (Å²) in [6.45, 7) is -0.159. The maximum Gasteiger partial charge on any atom is 0.270 e. The van der Waals surface area contributed by atoms with Crippen molar-refractivity contribution in [1.29, 1.82) is 5.41 Å². The first-order valence-electron chi connectivity index (χ1n) is 9.05. The Bertz CT molecular complexity index is 1080. The average Bonchev–Trinajstić information content (AvgIpc) is 2.73. The number of carbonyl (C=O) groups is 1. The Labute approximate surface area is 167 Å². The number of halogens is 1. The van der Waals surface area contributed by atoms with Crippen molar-refractivity contribution in [2.75, 3.05) is 6.61 Å². The van der Waals surface area contributed by atoms with Gasteiger partial charge < -0.3 is 21.6 Å². The zero-order valence-electron chi connectivity index (χ0n) is 15.6. The van der Waals surface area contributed by atoms with E-state index in [2.05, 4.69) is 10.3 Å². The largest absolute Gasteiger partial charge is 0.404 e. The van der Waals surface area contributed by atoms with Crippen LogP contribution in [0.4, 0.5) is 4.39 Å². The summed E-state index contributed by atoms with van der Waals surface area (Å²) in [4.78, 5) is 17.0. The average molecular weight is 392 g/mol. The summed E-state index contributed by atoms with van der Waals surface area (Å²) >= 11 is 0. The lowest BCUT2D eigenvalue weighted by Gasteiger charge is -2.18. The number of aliphatic hydroxyl groups excluding tert-OH is 1. The molecule has 0 fully saturated rings. The van der Waals surface area contributed by atoms with Crippen molar-refractivity contribution in [2.45, 2.75) is 12.5 Å². The molecule has 0 radical (unpaired) electrons. The van der Waals surface area contributed by atoms with E-state index in [1.54, 1.807) is 24.4 Å². The lowest BCUT2D eigenvalue weighted by Crippen LogP contribution is -2.30. The molecule has 0 aliphatic heterocycles. The number of allylic oxidation sites excluding steroid dienone is 1. The van der Waals surface area contributed by atoms with Crippen LogP contribution >= 0.6 is 0 Å². The van der Waals surface area contributed by atoms with Gasteiger partial charge in [-0.1, -0.05) is 24.3 Å². The third-order valence-corrected chi connectivity index (χ3v) is 4.60. The molecule has 7 heteroatoms. The van der Waals surface area contributed by atoms with Gasteiger partial charge in [0, 0.05) is 36.2 Å². The minimum atomic E-state index is -0.545. The van der Waals surface area contributed by atoms with Gasteiger partial charge in [-0.05, 0) is 47.2 Å². The van der Waals surface area contributed by atoms with Crippen LogP contribution < -0.4 is 11.1 Å². The molecule has 0 bridgehead atoms. The van der Waals surface area contributed by atoms with Crippen LogP contribution in [0.1, 0.15) is 34.1 Å². The Kier molecular flexibility index (Phi) is 6.31. The zero-order valence-corrected chi connectivity index (χ0v) is 15.6. The highest BCUT2D eigenvalue weighted by molar-refractivity contribution is 6.09. The monoisotopic (exact) mass is 392 g/mol. The van der Waals surface area contributed by atoms with Gasteiger partial charge in [0.15, 0.2) is 0 Å². The second kappa shape index (κ2) is 9.07. The number of aromatic nitrogens is 1. The minimum Gasteiger partial charge on any atom is -0.404 e. The van der Waals surface area contributed by atoms with Crippen molar-refractivity contribution in [3.05, 3.63) is 83.6 Å². The summed E-state index contributed by atoms with van der Waals surface area (Å²) in [5.74, 6) is -0.840. The normalized spacial score (nSPS) is 12.6. The number of rotatable bonds is 7. The molecule has 1 amide bonds. The lowest BCUT2D eigenvalue weighted by atomic mass is 10.0. The fraction of sp³-hybridized carbons (Fsp3) is 0.136. The number of fused-ring (bicyclic) bond motifs is 1. The number of nitrogens with one attached hydrogen (secondary N) is 2. The molecule has 3 aromatic rings. The third kappa shape index (κ3) is 4.64. The van der Waals surface area contributed by atoms with Crippen LogP contribution in [-0.4, -0.2) is 28.8 Å². The van der Waals surface area contributed by atoms with E-state index in [0.29, 0.717) is 11.1 Å². The van der Waals surface area contributed by atoms with Gasteiger partial charge in [-0.15, -0.1) is 0 Å². The quantitative estimate of drug-likeness (QED) is 0.463. The first-order chi connectivity index (χ1) is 14.0. The van der Waals surface area contributed by atoms with Crippen LogP contribution in [0, 0.1) is 11.2 Å². The highest BCUT2D eigenvalue weighted by Gasteiger charge is 2.17. The molecule has 0 aliphatic carbocycles. The first-order valence-corrected chi connectivity index (χ1v) is 9.05. The number of hydrogen-bond acceptors (Lipinski definition) is 5. The molecular weight excluding hydrogens is 371 g/mol. The highest BCUT2D eigenvalue weighted by Crippen LogP contribution is 2.22. The minimum absolute atomic E-state index is 0.159. The van der Waals surface area contributed by atoms with E-state index in [0.717, 1.165) is 22.6 Å². The predicted octanol–water partition coefficient (Wildman–Crippen LogP) is 3.18. The summed E-state index contributed by atoms with van der Waals surface area (Å²) in [6.07, 6.45) is 4.35. The molecule has 0 aliphatic rings. The Morgan fingerprint density at radius 1 is 1.24 bits per heavy atom. The number of carbonyl (C=O) groups excluding carboxylic acids is 1. The van der Waals surface area contributed by atoms with Crippen molar-refractivity contribution in [2.24, 2.45) is 5.73 Å². The van der Waals surface area contributed by atoms with Gasteiger partial charge in [0.05, 0.1) is 6.04 Å². The van der Waals surface area contributed by atoms with Crippen molar-refractivity contribution >= 4 is 28.5 Å². The number of amides is 1. The molecule has 0 saturated heterocycles. The van der Waals surface area contributed by atoms with Gasteiger partial charge in [0.1, 0.15) is 11.5 Å². The second-order valence-corrected chi connectivity index (χ2v) is 6.49. The van der Waals surface area contributed by atoms with Crippen LogP contribution in [0.2, 0.25) is 0 Å². The van der Waals surface area contributed by atoms with Crippen molar-refractivity contribution in [3.63, 3.8) is 0 Å². The topological polar surface area (TPSA) is 112 Å². The van der Waals surface area contributed by atoms with E-state index < -0.39 is 17.8 Å². The Hall–Kier alpha value is -3.58. The van der Waals surface area contributed by atoms with E-state index >= 15 is 0 Å². The standard InChI is InChI=1S/C22H21FN4O2/c23-19-3-1-2-15(9-19)20(6-7-28)27-22(29)21-10-17-8-14(18(11-24)12-25)4-5-16(17)13-26-21/h1-5,8-13,20,24,28H,6-7,25H2,(H,27,29). The van der Waals surface area contributed by atoms with Crippen molar-refractivity contribution < 1.29 is 14.3 Å². The number of nitrogens with two attached hydrogens (primary N) is 1. The third-order valence-electron chi connectivity index (χ3n) is 4.60. The molecule has 29 heavy (non-hydrogen) atoms. The number of hydrogen-bond donors (Lipinski definition) is 4. The fourth-order valence-electron chi connectivity index (χ4n) is 3.08. The molecular formula is C22H21FN4O2. The van der Waals surface area contributed by atoms with Gasteiger partial charge in [-0.2, -0.15) is 0 Å². The lowest BCUT2D eigenvalue weighted by molar-refractivity contribution is 0.0925. The molecule has 2 aromatic carbocycles. The van der Waals surface area contributed by atoms with Crippen LogP contribution in [0.3, 0.4) is 0 Å². The second-order valence-electron chi connectivity index (χ2n) is 6.49. The molecule has 1 aromatic heterocycles. The number of aliphatic hydroxyl groups is 1. The molecule has 1 unspecified atom stereocenters. The van der Waals surface area contributed by atoms with Gasteiger partial charge in [0.2, 0.25) is 0 Å². The van der Waals surface area contributed by atoms with Crippen LogP contribution in [0.15, 0.2) is 60.9 Å². The molecule has 6 nitrogen and oxygen atoms in total. The summed E-state index contributed by atoms with van der Waals surface area (Å²) in [7, 11) is 0. The molecule has 1 heterocycles. The van der Waals surface area contributed by atoms with E-state index in [-0.39, 0.29) is 18.7 Å². The van der Waals surface area contributed by atoms with E-state index in [4.69, 9.17) is 11.1 Å². The maximum atomic E-state index is 13.5. The molecule has 0 saturated carbocycles. The highest BCUT2D eigenvalue weighted by atomic mass is 19.1. The SMILES string of the molecule is N=CC(=CN)c1ccc2cnc(C(=O)NC(CCO)c3cccc(F)c3)cc2c1. The summed E-state index contributed by atoms with van der Waals surface area (Å²) < 4.78 is 13.5. The molecule has 0 spiro atoms. The van der Waals surface area contributed by atoms with E-state index in [1.807, 2.05) is 18.2 Å².